The molecule has 98 valence electrons. The van der Waals surface area contributed by atoms with Gasteiger partial charge in [-0.05, 0) is 24.3 Å². The molecule has 0 aromatic heterocycles. The summed E-state index contributed by atoms with van der Waals surface area (Å²) in [6, 6.07) is 16.2. The Hall–Kier alpha value is -2.62. The predicted molar refractivity (Wildman–Crippen MR) is 76.7 cm³/mol. The van der Waals surface area contributed by atoms with Crippen LogP contribution < -0.4 is 10.5 Å². The SMILES string of the molecule is COc1ccc(N)cc1.N=C(C=O)c1ccccc1. The summed E-state index contributed by atoms with van der Waals surface area (Å²) >= 11 is 0. The molecule has 0 radical (unpaired) electrons. The molecule has 0 atom stereocenters. The number of benzene rings is 2. The maximum atomic E-state index is 10.1. The quantitative estimate of drug-likeness (QED) is 0.503. The molecule has 0 saturated carbocycles. The summed E-state index contributed by atoms with van der Waals surface area (Å²) in [4.78, 5) is 10.1. The minimum Gasteiger partial charge on any atom is -0.497 e. The van der Waals surface area contributed by atoms with Crippen LogP contribution in [0.5, 0.6) is 5.75 Å². The van der Waals surface area contributed by atoms with Crippen LogP contribution in [-0.2, 0) is 4.79 Å². The first-order valence-electron chi connectivity index (χ1n) is 5.66. The Balaban J connectivity index is 0.000000191. The van der Waals surface area contributed by atoms with Crippen molar-refractivity contribution < 1.29 is 9.53 Å². The molecule has 0 unspecified atom stereocenters. The van der Waals surface area contributed by atoms with Crippen LogP contribution in [0, 0.1) is 5.41 Å². The number of nitrogens with one attached hydrogen (secondary N) is 1. The Morgan fingerprint density at radius 1 is 1.11 bits per heavy atom. The van der Waals surface area contributed by atoms with E-state index in [1.807, 2.05) is 18.2 Å². The van der Waals surface area contributed by atoms with Crippen molar-refractivity contribution in [1.82, 2.24) is 0 Å². The fourth-order valence-electron chi connectivity index (χ4n) is 1.29. The largest absolute Gasteiger partial charge is 0.497 e. The van der Waals surface area contributed by atoms with Gasteiger partial charge in [-0.25, -0.2) is 0 Å². The van der Waals surface area contributed by atoms with Gasteiger partial charge in [-0.1, -0.05) is 30.3 Å². The van der Waals surface area contributed by atoms with Gasteiger partial charge in [-0.3, -0.25) is 10.2 Å². The van der Waals surface area contributed by atoms with E-state index in [-0.39, 0.29) is 5.71 Å². The number of aldehydes is 1. The third-order valence-corrected chi connectivity index (χ3v) is 2.32. The number of hydrogen-bond acceptors (Lipinski definition) is 4. The highest BCUT2D eigenvalue weighted by Gasteiger charge is 1.94. The van der Waals surface area contributed by atoms with E-state index in [9.17, 15) is 4.79 Å². The standard InChI is InChI=1S/C8H7NO.C7H9NO/c9-8(6-10)7-4-2-1-3-5-7;1-9-7-4-2-6(8)3-5-7/h1-6,9H;2-5H,8H2,1H3. The van der Waals surface area contributed by atoms with E-state index in [1.165, 1.54) is 0 Å². The zero-order chi connectivity index (χ0) is 14.1. The smallest absolute Gasteiger partial charge is 0.168 e. The first-order chi connectivity index (χ1) is 9.17. The monoisotopic (exact) mass is 256 g/mol. The van der Waals surface area contributed by atoms with E-state index >= 15 is 0 Å². The molecule has 0 fully saturated rings. The molecular weight excluding hydrogens is 240 g/mol. The lowest BCUT2D eigenvalue weighted by Gasteiger charge is -1.97. The fraction of sp³-hybridized carbons (Fsp3) is 0.0667. The number of nitrogens with two attached hydrogens (primary N) is 1. The molecule has 0 saturated heterocycles. The van der Waals surface area contributed by atoms with Crippen LogP contribution in [0.1, 0.15) is 5.56 Å². The van der Waals surface area contributed by atoms with Crippen molar-refractivity contribution in [3.8, 4) is 5.75 Å². The van der Waals surface area contributed by atoms with E-state index in [0.29, 0.717) is 11.8 Å². The lowest BCUT2D eigenvalue weighted by molar-refractivity contribution is -0.102. The topological polar surface area (TPSA) is 76.2 Å². The van der Waals surface area contributed by atoms with E-state index in [0.717, 1.165) is 11.4 Å². The minimum atomic E-state index is 0.0283. The Morgan fingerprint density at radius 2 is 1.68 bits per heavy atom. The maximum Gasteiger partial charge on any atom is 0.168 e. The van der Waals surface area contributed by atoms with Crippen molar-refractivity contribution in [2.45, 2.75) is 0 Å². The van der Waals surface area contributed by atoms with Crippen LogP contribution in [0.2, 0.25) is 0 Å². The lowest BCUT2D eigenvalue weighted by Crippen LogP contribution is -1.98. The third-order valence-electron chi connectivity index (χ3n) is 2.32. The van der Waals surface area contributed by atoms with Crippen LogP contribution in [0.15, 0.2) is 54.6 Å². The number of carbonyl (C=O) groups excluding carboxylic acids is 1. The molecule has 0 aliphatic rings. The van der Waals surface area contributed by atoms with E-state index in [2.05, 4.69) is 0 Å². The van der Waals surface area contributed by atoms with Gasteiger partial charge in [-0.15, -0.1) is 0 Å². The first-order valence-corrected chi connectivity index (χ1v) is 5.66. The second kappa shape index (κ2) is 7.66. The summed E-state index contributed by atoms with van der Waals surface area (Å²) < 4.78 is 4.91. The Labute approximate surface area is 112 Å². The number of anilines is 1. The summed E-state index contributed by atoms with van der Waals surface area (Å²) in [7, 11) is 1.63. The van der Waals surface area contributed by atoms with Crippen LogP contribution in [0.4, 0.5) is 5.69 Å². The van der Waals surface area contributed by atoms with Crippen molar-refractivity contribution in [2.75, 3.05) is 12.8 Å². The van der Waals surface area contributed by atoms with E-state index < -0.39 is 0 Å². The fourth-order valence-corrected chi connectivity index (χ4v) is 1.29. The summed E-state index contributed by atoms with van der Waals surface area (Å²) in [6.45, 7) is 0. The molecule has 0 spiro atoms. The number of ether oxygens (including phenoxy) is 1. The molecule has 0 heterocycles. The third kappa shape index (κ3) is 5.04. The average Bonchev–Trinajstić information content (AvgIpc) is 2.49. The molecule has 3 N–H and O–H groups in total. The molecule has 0 amide bonds. The zero-order valence-electron chi connectivity index (χ0n) is 10.7. The highest BCUT2D eigenvalue weighted by molar-refractivity contribution is 6.34. The van der Waals surface area contributed by atoms with Crippen molar-refractivity contribution in [3.63, 3.8) is 0 Å². The van der Waals surface area contributed by atoms with Crippen LogP contribution in [-0.4, -0.2) is 19.1 Å². The van der Waals surface area contributed by atoms with Gasteiger partial charge < -0.3 is 10.5 Å². The number of nitrogen functional groups attached to an aromatic ring is 1. The van der Waals surface area contributed by atoms with E-state index in [4.69, 9.17) is 15.9 Å². The molecule has 0 aliphatic heterocycles. The molecule has 0 bridgehead atoms. The van der Waals surface area contributed by atoms with Gasteiger partial charge in [0.15, 0.2) is 6.29 Å². The van der Waals surface area contributed by atoms with Crippen molar-refractivity contribution in [1.29, 1.82) is 5.41 Å². The molecule has 19 heavy (non-hydrogen) atoms. The molecule has 2 aromatic carbocycles. The van der Waals surface area contributed by atoms with Gasteiger partial charge >= 0.3 is 0 Å². The molecule has 4 heteroatoms. The average molecular weight is 256 g/mol. The molecule has 2 rings (SSSR count). The van der Waals surface area contributed by atoms with Crippen molar-refractivity contribution in [3.05, 3.63) is 60.2 Å². The highest BCUT2D eigenvalue weighted by Crippen LogP contribution is 2.11. The second-order valence-electron chi connectivity index (χ2n) is 3.67. The number of methoxy groups -OCH3 is 1. The first kappa shape index (κ1) is 14.4. The molecule has 4 nitrogen and oxygen atoms in total. The highest BCUT2D eigenvalue weighted by atomic mass is 16.5. The van der Waals surface area contributed by atoms with Crippen LogP contribution in [0.3, 0.4) is 0 Å². The van der Waals surface area contributed by atoms with Gasteiger partial charge in [-0.2, -0.15) is 0 Å². The van der Waals surface area contributed by atoms with Gasteiger partial charge in [0.1, 0.15) is 11.5 Å². The number of rotatable bonds is 3. The Bertz CT molecular complexity index is 522. The number of hydrogen-bond donors (Lipinski definition) is 2. The Morgan fingerprint density at radius 3 is 2.16 bits per heavy atom. The predicted octanol–water partition coefficient (Wildman–Crippen LogP) is 2.53. The number of carbonyl (C=O) groups is 1. The summed E-state index contributed by atoms with van der Waals surface area (Å²) in [5.74, 6) is 0.837. The summed E-state index contributed by atoms with van der Waals surface area (Å²) in [5, 5.41) is 7.11. The Kier molecular flexibility index (Phi) is 5.82. The minimum absolute atomic E-state index is 0.0283. The van der Waals surface area contributed by atoms with Crippen LogP contribution >= 0.6 is 0 Å². The molecular formula is C15H16N2O2. The second-order valence-corrected chi connectivity index (χ2v) is 3.67. The van der Waals surface area contributed by atoms with Crippen molar-refractivity contribution in [2.24, 2.45) is 0 Å². The maximum absolute atomic E-state index is 10.1. The van der Waals surface area contributed by atoms with Gasteiger partial charge in [0.2, 0.25) is 0 Å². The summed E-state index contributed by atoms with van der Waals surface area (Å²) in [6.07, 6.45) is 0.537. The lowest BCUT2D eigenvalue weighted by atomic mass is 10.1. The molecule has 2 aromatic rings. The van der Waals surface area contributed by atoms with Gasteiger partial charge in [0, 0.05) is 11.3 Å². The van der Waals surface area contributed by atoms with Crippen molar-refractivity contribution >= 4 is 17.7 Å². The van der Waals surface area contributed by atoms with Gasteiger partial charge in [0.05, 0.1) is 7.11 Å². The molecule has 0 aliphatic carbocycles. The normalized spacial score (nSPS) is 8.89. The van der Waals surface area contributed by atoms with E-state index in [1.54, 1.807) is 43.5 Å². The van der Waals surface area contributed by atoms with Gasteiger partial charge in [0.25, 0.3) is 0 Å². The van der Waals surface area contributed by atoms with Crippen LogP contribution in [0.25, 0.3) is 0 Å². The zero-order valence-corrected chi connectivity index (χ0v) is 10.7. The summed E-state index contributed by atoms with van der Waals surface area (Å²) in [5.41, 5.74) is 6.88.